The maximum absolute atomic E-state index is 12.1. The Morgan fingerprint density at radius 2 is 1.80 bits per heavy atom. The van der Waals surface area contributed by atoms with Gasteiger partial charge in [-0.15, -0.1) is 0 Å². The van der Waals surface area contributed by atoms with Crippen molar-refractivity contribution in [3.8, 4) is 0 Å². The van der Waals surface area contributed by atoms with Crippen LogP contribution in [-0.4, -0.2) is 18.4 Å². The van der Waals surface area contributed by atoms with Crippen LogP contribution in [0.25, 0.3) is 0 Å². The van der Waals surface area contributed by atoms with E-state index in [2.05, 4.69) is 45.3 Å². The van der Waals surface area contributed by atoms with Gasteiger partial charge in [-0.05, 0) is 54.3 Å². The molecular formula is C20H21BrN2O2. The number of hydrogen-bond acceptors (Lipinski definition) is 2. The molecule has 130 valence electrons. The highest BCUT2D eigenvalue weighted by atomic mass is 79.9. The topological polar surface area (TPSA) is 58.2 Å². The molecule has 0 fully saturated rings. The van der Waals surface area contributed by atoms with E-state index in [9.17, 15) is 9.59 Å². The number of nitrogens with one attached hydrogen (secondary N) is 2. The number of benzene rings is 2. The van der Waals surface area contributed by atoms with E-state index in [0.717, 1.165) is 22.9 Å². The van der Waals surface area contributed by atoms with Crippen LogP contribution in [0.1, 0.15) is 27.9 Å². The van der Waals surface area contributed by atoms with Gasteiger partial charge in [0.1, 0.15) is 0 Å². The Morgan fingerprint density at radius 1 is 1.04 bits per heavy atom. The van der Waals surface area contributed by atoms with Gasteiger partial charge in [0, 0.05) is 23.1 Å². The molecule has 0 aliphatic heterocycles. The number of carbonyl (C=O) groups excluding carboxylic acids is 2. The quantitative estimate of drug-likeness (QED) is 0.525. The van der Waals surface area contributed by atoms with Gasteiger partial charge in [0.05, 0.1) is 0 Å². The summed E-state index contributed by atoms with van der Waals surface area (Å²) in [4.78, 5) is 23.3. The van der Waals surface area contributed by atoms with Crippen LogP contribution in [0.2, 0.25) is 0 Å². The minimum atomic E-state index is -0.215. The van der Waals surface area contributed by atoms with Crippen molar-refractivity contribution in [3.05, 3.63) is 82.3 Å². The minimum Gasteiger partial charge on any atom is -0.352 e. The van der Waals surface area contributed by atoms with E-state index in [1.165, 1.54) is 11.6 Å². The number of amides is 2. The van der Waals surface area contributed by atoms with Crippen molar-refractivity contribution in [2.45, 2.75) is 19.4 Å². The third kappa shape index (κ3) is 6.55. The molecule has 2 aromatic carbocycles. The molecule has 0 spiro atoms. The van der Waals surface area contributed by atoms with Gasteiger partial charge < -0.3 is 10.6 Å². The molecule has 25 heavy (non-hydrogen) atoms. The zero-order valence-electron chi connectivity index (χ0n) is 13.9. The molecule has 4 nitrogen and oxygen atoms in total. The first-order valence-corrected chi connectivity index (χ1v) is 8.89. The second-order valence-corrected chi connectivity index (χ2v) is 6.52. The van der Waals surface area contributed by atoms with E-state index in [0.29, 0.717) is 18.7 Å². The van der Waals surface area contributed by atoms with Gasteiger partial charge in [0.2, 0.25) is 5.91 Å². The molecule has 2 aromatic rings. The van der Waals surface area contributed by atoms with Crippen LogP contribution in [-0.2, 0) is 17.8 Å². The largest absolute Gasteiger partial charge is 0.352 e. The fourth-order valence-corrected chi connectivity index (χ4v) is 2.77. The maximum atomic E-state index is 12.1. The summed E-state index contributed by atoms with van der Waals surface area (Å²) in [5.41, 5.74) is 2.79. The predicted molar refractivity (Wildman–Crippen MR) is 103 cm³/mol. The van der Waals surface area contributed by atoms with Crippen molar-refractivity contribution in [1.82, 2.24) is 10.6 Å². The number of hydrogen-bond donors (Lipinski definition) is 2. The molecule has 0 aliphatic carbocycles. The van der Waals surface area contributed by atoms with Gasteiger partial charge in [-0.3, -0.25) is 9.59 Å². The molecule has 2 rings (SSSR count). The summed E-state index contributed by atoms with van der Waals surface area (Å²) in [7, 11) is 0. The van der Waals surface area contributed by atoms with Gasteiger partial charge in [-0.1, -0.05) is 46.8 Å². The molecule has 2 N–H and O–H groups in total. The molecule has 0 saturated carbocycles. The Morgan fingerprint density at radius 3 is 2.48 bits per heavy atom. The van der Waals surface area contributed by atoms with Crippen LogP contribution in [0.3, 0.4) is 0 Å². The predicted octanol–water partition coefficient (Wildman–Crippen LogP) is 3.61. The average molecular weight is 401 g/mol. The first kappa shape index (κ1) is 18.9. The Hall–Kier alpha value is -2.40. The highest BCUT2D eigenvalue weighted by Gasteiger charge is 2.05. The number of aryl methyl sites for hydroxylation is 1. The second-order valence-electron chi connectivity index (χ2n) is 5.61. The van der Waals surface area contributed by atoms with Crippen molar-refractivity contribution in [1.29, 1.82) is 0 Å². The van der Waals surface area contributed by atoms with Gasteiger partial charge in [-0.25, -0.2) is 0 Å². The van der Waals surface area contributed by atoms with Crippen LogP contribution in [0.15, 0.2) is 65.7 Å². The third-order valence-corrected chi connectivity index (χ3v) is 4.18. The Kier molecular flexibility index (Phi) is 7.41. The summed E-state index contributed by atoms with van der Waals surface area (Å²) in [5.74, 6) is -0.303. The number of carbonyl (C=O) groups is 2. The van der Waals surface area contributed by atoms with Crippen LogP contribution in [0.5, 0.6) is 0 Å². The highest BCUT2D eigenvalue weighted by molar-refractivity contribution is 9.10. The number of halogens is 1. The first-order chi connectivity index (χ1) is 12.1. The summed E-state index contributed by atoms with van der Waals surface area (Å²) in [6.07, 6.45) is 3.03. The van der Waals surface area contributed by atoms with Crippen molar-refractivity contribution in [3.63, 3.8) is 0 Å². The van der Waals surface area contributed by atoms with E-state index in [-0.39, 0.29) is 11.8 Å². The molecule has 0 radical (unpaired) electrons. The monoisotopic (exact) mass is 400 g/mol. The number of rotatable bonds is 8. The van der Waals surface area contributed by atoms with Crippen molar-refractivity contribution >= 4 is 27.7 Å². The smallest absolute Gasteiger partial charge is 0.251 e. The highest BCUT2D eigenvalue weighted by Crippen LogP contribution is 2.12. The lowest BCUT2D eigenvalue weighted by Gasteiger charge is -2.07. The van der Waals surface area contributed by atoms with Crippen LogP contribution in [0, 0.1) is 0 Å². The van der Waals surface area contributed by atoms with E-state index in [4.69, 9.17) is 0 Å². The normalized spacial score (nSPS) is 10.1. The van der Waals surface area contributed by atoms with Crippen LogP contribution < -0.4 is 10.6 Å². The van der Waals surface area contributed by atoms with Crippen molar-refractivity contribution in [2.24, 2.45) is 0 Å². The minimum absolute atomic E-state index is 0.0871. The Labute approximate surface area is 156 Å². The Bertz CT molecular complexity index is 742. The lowest BCUT2D eigenvalue weighted by molar-refractivity contribution is -0.116. The molecule has 2 amide bonds. The molecule has 0 saturated heterocycles. The molecule has 5 heteroatoms. The summed E-state index contributed by atoms with van der Waals surface area (Å²) in [6.45, 7) is 4.45. The molecule has 0 aliphatic rings. The van der Waals surface area contributed by atoms with E-state index in [1.54, 1.807) is 12.1 Å². The molecule has 0 unspecified atom stereocenters. The SMILES string of the molecule is C=CC(=O)NCc1ccc(C(=O)NCCCc2cccc(Br)c2)cc1. The first-order valence-electron chi connectivity index (χ1n) is 8.10. The second kappa shape index (κ2) is 9.79. The van der Waals surface area contributed by atoms with Crippen molar-refractivity contribution < 1.29 is 9.59 Å². The average Bonchev–Trinajstić information content (AvgIpc) is 2.63. The van der Waals surface area contributed by atoms with Crippen molar-refractivity contribution in [2.75, 3.05) is 6.54 Å². The maximum Gasteiger partial charge on any atom is 0.251 e. The van der Waals surface area contributed by atoms with Gasteiger partial charge in [0.15, 0.2) is 0 Å². The summed E-state index contributed by atoms with van der Waals surface area (Å²) < 4.78 is 1.07. The molecule has 0 heterocycles. The fourth-order valence-electron chi connectivity index (χ4n) is 2.32. The Balaban J connectivity index is 1.75. The fraction of sp³-hybridized carbons (Fsp3) is 0.200. The van der Waals surface area contributed by atoms with Crippen LogP contribution in [0.4, 0.5) is 0 Å². The molecular weight excluding hydrogens is 380 g/mol. The van der Waals surface area contributed by atoms with E-state index in [1.807, 2.05) is 24.3 Å². The zero-order valence-corrected chi connectivity index (χ0v) is 15.5. The summed E-state index contributed by atoms with van der Waals surface area (Å²) >= 11 is 3.46. The van der Waals surface area contributed by atoms with Gasteiger partial charge >= 0.3 is 0 Å². The standard InChI is InChI=1S/C20H21BrN2O2/c1-2-19(24)23-14-16-8-10-17(11-9-16)20(25)22-12-4-6-15-5-3-7-18(21)13-15/h2-3,5,7-11,13H,1,4,6,12,14H2,(H,22,25)(H,23,24). The van der Waals surface area contributed by atoms with E-state index < -0.39 is 0 Å². The van der Waals surface area contributed by atoms with Gasteiger partial charge in [-0.2, -0.15) is 0 Å². The van der Waals surface area contributed by atoms with Crippen LogP contribution >= 0.6 is 15.9 Å². The van der Waals surface area contributed by atoms with Gasteiger partial charge in [0.25, 0.3) is 5.91 Å². The zero-order chi connectivity index (χ0) is 18.1. The summed E-state index contributed by atoms with van der Waals surface area (Å²) in [6, 6.07) is 15.4. The summed E-state index contributed by atoms with van der Waals surface area (Å²) in [5, 5.41) is 5.63. The lowest BCUT2D eigenvalue weighted by atomic mass is 10.1. The third-order valence-electron chi connectivity index (χ3n) is 3.69. The molecule has 0 aromatic heterocycles. The molecule has 0 atom stereocenters. The lowest BCUT2D eigenvalue weighted by Crippen LogP contribution is -2.25. The molecule has 0 bridgehead atoms. The van der Waals surface area contributed by atoms with E-state index >= 15 is 0 Å².